The Labute approximate surface area is 147 Å². The number of hydrogen-bond donors (Lipinski definition) is 1. The van der Waals surface area contributed by atoms with Crippen LogP contribution in [-0.4, -0.2) is 5.71 Å². The van der Waals surface area contributed by atoms with E-state index in [0.29, 0.717) is 0 Å². The molecule has 1 aliphatic rings. The maximum Gasteiger partial charge on any atom is 0.0980 e. The molecular formula is C22H30N2. The third kappa shape index (κ3) is 2.98. The summed E-state index contributed by atoms with van der Waals surface area (Å²) in [7, 11) is 0. The molecule has 2 heteroatoms. The van der Waals surface area contributed by atoms with Crippen LogP contribution < -0.4 is 5.43 Å². The Hall–Kier alpha value is -2.09. The fraction of sp³-hybridized carbons (Fsp3) is 0.409. The lowest BCUT2D eigenvalue weighted by atomic mass is 9.84. The highest BCUT2D eigenvalue weighted by Crippen LogP contribution is 2.31. The maximum absolute atomic E-state index is 4.65. The largest absolute Gasteiger partial charge is 0.305 e. The van der Waals surface area contributed by atoms with Crippen molar-refractivity contribution in [3.8, 4) is 0 Å². The normalized spacial score (nSPS) is 12.6. The van der Waals surface area contributed by atoms with E-state index in [0.717, 1.165) is 12.3 Å². The molecule has 1 heterocycles. The predicted octanol–water partition coefficient (Wildman–Crippen LogP) is 5.42. The molecule has 0 atom stereocenters. The smallest absolute Gasteiger partial charge is 0.0980 e. The summed E-state index contributed by atoms with van der Waals surface area (Å²) in [5.41, 5.74) is 16.4. The van der Waals surface area contributed by atoms with E-state index in [-0.39, 0.29) is 0 Å². The summed E-state index contributed by atoms with van der Waals surface area (Å²) in [6.07, 6.45) is 0. The van der Waals surface area contributed by atoms with Crippen LogP contribution in [0.25, 0.3) is 0 Å². The van der Waals surface area contributed by atoms with Crippen LogP contribution >= 0.6 is 0 Å². The number of hydrogen-bond acceptors (Lipinski definition) is 2. The van der Waals surface area contributed by atoms with Crippen LogP contribution in [-0.2, 0) is 6.54 Å². The van der Waals surface area contributed by atoms with Gasteiger partial charge in [0.05, 0.1) is 12.3 Å². The SMILES string of the molecule is CC.Cc1ccc(C2=NNCc3c(C)c(C)c(C)c(C)c32)cc1C. The van der Waals surface area contributed by atoms with E-state index in [2.05, 4.69) is 70.3 Å². The van der Waals surface area contributed by atoms with E-state index in [1.807, 2.05) is 13.8 Å². The highest BCUT2D eigenvalue weighted by Gasteiger charge is 2.23. The molecule has 1 aliphatic heterocycles. The predicted molar refractivity (Wildman–Crippen MR) is 105 cm³/mol. The van der Waals surface area contributed by atoms with E-state index >= 15 is 0 Å². The molecule has 0 radical (unpaired) electrons. The molecule has 0 bridgehead atoms. The zero-order valence-electron chi connectivity index (χ0n) is 16.4. The first kappa shape index (κ1) is 18.3. The Morgan fingerprint density at radius 3 is 2.04 bits per heavy atom. The molecule has 0 saturated heterocycles. The second-order valence-corrected chi connectivity index (χ2v) is 6.45. The molecule has 1 N–H and O–H groups in total. The fourth-order valence-corrected chi connectivity index (χ4v) is 3.28. The number of rotatable bonds is 1. The van der Waals surface area contributed by atoms with Gasteiger partial charge in [0.15, 0.2) is 0 Å². The third-order valence-electron chi connectivity index (χ3n) is 5.28. The molecule has 0 fully saturated rings. The van der Waals surface area contributed by atoms with Crippen molar-refractivity contribution in [3.63, 3.8) is 0 Å². The average Bonchev–Trinajstić information content (AvgIpc) is 2.61. The van der Waals surface area contributed by atoms with Gasteiger partial charge in [0, 0.05) is 11.1 Å². The summed E-state index contributed by atoms with van der Waals surface area (Å²) in [5, 5.41) is 4.65. The molecular weight excluding hydrogens is 292 g/mol. The number of nitrogens with zero attached hydrogens (tertiary/aromatic N) is 1. The van der Waals surface area contributed by atoms with Crippen LogP contribution in [0.5, 0.6) is 0 Å². The van der Waals surface area contributed by atoms with Crippen LogP contribution in [0.3, 0.4) is 0 Å². The molecule has 0 amide bonds. The van der Waals surface area contributed by atoms with Gasteiger partial charge in [0.1, 0.15) is 0 Å². The summed E-state index contributed by atoms with van der Waals surface area (Å²) >= 11 is 0. The molecule has 0 aromatic heterocycles. The van der Waals surface area contributed by atoms with Crippen molar-refractivity contribution in [1.82, 2.24) is 5.43 Å². The van der Waals surface area contributed by atoms with Crippen LogP contribution in [0, 0.1) is 41.5 Å². The first-order chi connectivity index (χ1) is 11.4. The second kappa shape index (κ2) is 7.21. The minimum atomic E-state index is 0.817. The summed E-state index contributed by atoms with van der Waals surface area (Å²) in [6, 6.07) is 6.61. The number of aryl methyl sites for hydroxylation is 2. The molecule has 3 rings (SSSR count). The van der Waals surface area contributed by atoms with Crippen molar-refractivity contribution in [2.24, 2.45) is 5.10 Å². The van der Waals surface area contributed by atoms with Crippen molar-refractivity contribution < 1.29 is 0 Å². The zero-order valence-corrected chi connectivity index (χ0v) is 16.4. The van der Waals surface area contributed by atoms with Gasteiger partial charge in [-0.2, -0.15) is 5.10 Å². The van der Waals surface area contributed by atoms with E-state index in [1.165, 1.54) is 50.1 Å². The molecule has 24 heavy (non-hydrogen) atoms. The molecule has 0 saturated carbocycles. The van der Waals surface area contributed by atoms with Gasteiger partial charge >= 0.3 is 0 Å². The summed E-state index contributed by atoms with van der Waals surface area (Å²) < 4.78 is 0. The average molecular weight is 322 g/mol. The maximum atomic E-state index is 4.65. The number of fused-ring (bicyclic) bond motifs is 1. The van der Waals surface area contributed by atoms with Gasteiger partial charge in [-0.15, -0.1) is 0 Å². The fourth-order valence-electron chi connectivity index (χ4n) is 3.28. The van der Waals surface area contributed by atoms with Gasteiger partial charge in [0.25, 0.3) is 0 Å². The van der Waals surface area contributed by atoms with Crippen molar-refractivity contribution in [3.05, 3.63) is 68.3 Å². The lowest BCUT2D eigenvalue weighted by Gasteiger charge is -2.25. The Morgan fingerprint density at radius 2 is 1.42 bits per heavy atom. The lowest BCUT2D eigenvalue weighted by molar-refractivity contribution is 0.722. The molecule has 2 aromatic rings. The Morgan fingerprint density at radius 1 is 0.792 bits per heavy atom. The first-order valence-electron chi connectivity index (χ1n) is 8.89. The van der Waals surface area contributed by atoms with E-state index in [1.54, 1.807) is 0 Å². The molecule has 0 spiro atoms. The molecule has 0 unspecified atom stereocenters. The minimum absolute atomic E-state index is 0.817. The van der Waals surface area contributed by atoms with Gasteiger partial charge in [-0.1, -0.05) is 26.0 Å². The highest BCUT2D eigenvalue weighted by atomic mass is 15.3. The van der Waals surface area contributed by atoms with Crippen LogP contribution in [0.2, 0.25) is 0 Å². The minimum Gasteiger partial charge on any atom is -0.305 e. The van der Waals surface area contributed by atoms with Crippen LogP contribution in [0.4, 0.5) is 0 Å². The quantitative estimate of drug-likeness (QED) is 0.745. The monoisotopic (exact) mass is 322 g/mol. The topological polar surface area (TPSA) is 24.4 Å². The van der Waals surface area contributed by atoms with E-state index in [4.69, 9.17) is 0 Å². The number of benzene rings is 2. The molecule has 0 aliphatic carbocycles. The summed E-state index contributed by atoms with van der Waals surface area (Å²) in [5.74, 6) is 0. The summed E-state index contributed by atoms with van der Waals surface area (Å²) in [6.45, 7) is 18.0. The lowest BCUT2D eigenvalue weighted by Crippen LogP contribution is -2.24. The molecule has 2 aromatic carbocycles. The van der Waals surface area contributed by atoms with Crippen molar-refractivity contribution in [2.45, 2.75) is 61.9 Å². The van der Waals surface area contributed by atoms with Crippen LogP contribution in [0.1, 0.15) is 63.9 Å². The number of nitrogens with one attached hydrogen (secondary N) is 1. The van der Waals surface area contributed by atoms with Gasteiger partial charge < -0.3 is 5.43 Å². The third-order valence-corrected chi connectivity index (χ3v) is 5.28. The van der Waals surface area contributed by atoms with Crippen molar-refractivity contribution in [1.29, 1.82) is 0 Å². The molecule has 2 nitrogen and oxygen atoms in total. The molecule has 128 valence electrons. The second-order valence-electron chi connectivity index (χ2n) is 6.45. The zero-order chi connectivity index (χ0) is 18.0. The van der Waals surface area contributed by atoms with Crippen molar-refractivity contribution >= 4 is 5.71 Å². The Bertz CT molecular complexity index is 798. The Balaban J connectivity index is 0.00000100. The van der Waals surface area contributed by atoms with E-state index < -0.39 is 0 Å². The first-order valence-corrected chi connectivity index (χ1v) is 8.89. The van der Waals surface area contributed by atoms with Crippen molar-refractivity contribution in [2.75, 3.05) is 0 Å². The highest BCUT2D eigenvalue weighted by molar-refractivity contribution is 6.15. The van der Waals surface area contributed by atoms with Gasteiger partial charge in [-0.05, 0) is 86.6 Å². The number of hydrazone groups is 1. The summed E-state index contributed by atoms with van der Waals surface area (Å²) in [4.78, 5) is 0. The Kier molecular flexibility index (Phi) is 5.48. The van der Waals surface area contributed by atoms with Gasteiger partial charge in [-0.25, -0.2) is 0 Å². The standard InChI is InChI=1S/C20H24N2.C2H6/c1-11-7-8-17(9-12(11)2)20-19-16(6)14(4)13(3)15(5)18(19)10-21-22-20;1-2/h7-9,21H,10H2,1-6H3;1-2H3. The van der Waals surface area contributed by atoms with E-state index in [9.17, 15) is 0 Å². The van der Waals surface area contributed by atoms with Gasteiger partial charge in [0.2, 0.25) is 0 Å². The van der Waals surface area contributed by atoms with Crippen LogP contribution in [0.15, 0.2) is 23.3 Å². The van der Waals surface area contributed by atoms with Gasteiger partial charge in [-0.3, -0.25) is 0 Å².